The highest BCUT2D eigenvalue weighted by molar-refractivity contribution is 5.89. The van der Waals surface area contributed by atoms with Crippen LogP contribution in [-0.4, -0.2) is 23.7 Å². The zero-order valence-electron chi connectivity index (χ0n) is 10.0. The van der Waals surface area contributed by atoms with Gasteiger partial charge in [-0.3, -0.25) is 0 Å². The third kappa shape index (κ3) is 1.71. The third-order valence-electron chi connectivity index (χ3n) is 3.26. The molecule has 0 amide bonds. The monoisotopic (exact) mass is 246 g/mol. The van der Waals surface area contributed by atoms with Gasteiger partial charge in [-0.2, -0.15) is 5.26 Å². The fourth-order valence-electron chi connectivity index (χ4n) is 2.32. The molecule has 0 radical (unpaired) electrons. The van der Waals surface area contributed by atoms with Gasteiger partial charge < -0.3 is 15.2 Å². The van der Waals surface area contributed by atoms with E-state index in [0.717, 1.165) is 0 Å². The number of anilines is 1. The Balaban J connectivity index is 2.40. The quantitative estimate of drug-likeness (QED) is 0.787. The molecule has 1 heterocycles. The molecule has 18 heavy (non-hydrogen) atoms. The van der Waals surface area contributed by atoms with Gasteiger partial charge in [-0.15, -0.1) is 0 Å². The lowest BCUT2D eigenvalue weighted by Crippen LogP contribution is -2.48. The molecule has 1 aliphatic rings. The lowest BCUT2D eigenvalue weighted by molar-refractivity contribution is -0.150. The minimum Gasteiger partial charge on any atom is -0.467 e. The number of fused-ring (bicyclic) bond motifs is 1. The summed E-state index contributed by atoms with van der Waals surface area (Å²) in [5.74, 6) is -0.554. The maximum absolute atomic E-state index is 12.0. The highest BCUT2D eigenvalue weighted by Crippen LogP contribution is 2.44. The van der Waals surface area contributed by atoms with Crippen LogP contribution >= 0.6 is 0 Å². The summed E-state index contributed by atoms with van der Waals surface area (Å²) < 4.78 is 4.77. The largest absolute Gasteiger partial charge is 0.467 e. The van der Waals surface area contributed by atoms with E-state index in [1.54, 1.807) is 18.2 Å². The summed E-state index contributed by atoms with van der Waals surface area (Å²) in [7, 11) is 1.27. The van der Waals surface area contributed by atoms with Crippen LogP contribution in [-0.2, 0) is 9.53 Å². The summed E-state index contributed by atoms with van der Waals surface area (Å²) in [5.41, 5.74) is 0.0999. The first kappa shape index (κ1) is 12.4. The lowest BCUT2D eigenvalue weighted by atomic mass is 9.87. The Morgan fingerprint density at radius 3 is 2.94 bits per heavy atom. The van der Waals surface area contributed by atoms with Crippen LogP contribution in [0.4, 0.5) is 5.69 Å². The van der Waals surface area contributed by atoms with Crippen LogP contribution in [0, 0.1) is 11.3 Å². The van der Waals surface area contributed by atoms with Crippen LogP contribution in [0.5, 0.6) is 0 Å². The molecule has 1 aromatic carbocycles. The number of ether oxygens (including phenoxy) is 1. The molecule has 0 bridgehead atoms. The molecule has 94 valence electrons. The number of carbonyl (C=O) groups excluding carboxylic acids is 1. The fraction of sp³-hybridized carbons (Fsp3) is 0.385. The summed E-state index contributed by atoms with van der Waals surface area (Å²) in [4.78, 5) is 12.0. The Labute approximate surface area is 105 Å². The molecule has 1 aliphatic heterocycles. The Morgan fingerprint density at radius 2 is 2.33 bits per heavy atom. The number of para-hydroxylation sites is 1. The van der Waals surface area contributed by atoms with E-state index in [0.29, 0.717) is 11.3 Å². The van der Waals surface area contributed by atoms with E-state index in [1.165, 1.54) is 7.11 Å². The standard InChI is InChI=1S/C13H14N2O3/c1-18-12(17)13(7-4-8-14)11(16)9-5-2-3-6-10(9)15-13/h2-3,5-6,11,15-16H,4,7H2,1H3. The second-order valence-electron chi connectivity index (χ2n) is 4.24. The molecule has 0 saturated carbocycles. The first-order valence-electron chi connectivity index (χ1n) is 5.66. The molecule has 2 unspecified atom stereocenters. The minimum atomic E-state index is -1.26. The first-order chi connectivity index (χ1) is 8.65. The molecule has 0 aromatic heterocycles. The Morgan fingerprint density at radius 1 is 1.61 bits per heavy atom. The van der Waals surface area contributed by atoms with Crippen molar-refractivity contribution in [3.63, 3.8) is 0 Å². The van der Waals surface area contributed by atoms with Gasteiger partial charge in [0, 0.05) is 17.7 Å². The van der Waals surface area contributed by atoms with Crippen molar-refractivity contribution in [2.24, 2.45) is 0 Å². The van der Waals surface area contributed by atoms with Crippen LogP contribution in [0.2, 0.25) is 0 Å². The van der Waals surface area contributed by atoms with Crippen molar-refractivity contribution in [2.45, 2.75) is 24.5 Å². The molecule has 2 atom stereocenters. The van der Waals surface area contributed by atoms with E-state index in [1.807, 2.05) is 12.1 Å². The van der Waals surface area contributed by atoms with Crippen molar-refractivity contribution < 1.29 is 14.6 Å². The average Bonchev–Trinajstić information content (AvgIpc) is 2.70. The molecule has 1 aromatic rings. The minimum absolute atomic E-state index is 0.160. The SMILES string of the molecule is COC(=O)C1(CCC#N)Nc2ccccc2C1O. The van der Waals surface area contributed by atoms with Gasteiger partial charge in [-0.05, 0) is 12.5 Å². The molecule has 0 fully saturated rings. The average molecular weight is 246 g/mol. The highest BCUT2D eigenvalue weighted by atomic mass is 16.5. The van der Waals surface area contributed by atoms with E-state index in [9.17, 15) is 9.90 Å². The zero-order valence-corrected chi connectivity index (χ0v) is 10.0. The van der Waals surface area contributed by atoms with E-state index >= 15 is 0 Å². The third-order valence-corrected chi connectivity index (χ3v) is 3.26. The summed E-state index contributed by atoms with van der Waals surface area (Å²) in [6.07, 6.45) is -0.645. The van der Waals surface area contributed by atoms with Crippen LogP contribution in [0.15, 0.2) is 24.3 Å². The van der Waals surface area contributed by atoms with Crippen molar-refractivity contribution in [3.8, 4) is 6.07 Å². The fourth-order valence-corrected chi connectivity index (χ4v) is 2.32. The number of hydrogen-bond donors (Lipinski definition) is 2. The Hall–Kier alpha value is -2.06. The van der Waals surface area contributed by atoms with Gasteiger partial charge >= 0.3 is 5.97 Å². The summed E-state index contributed by atoms with van der Waals surface area (Å²) >= 11 is 0. The predicted molar refractivity (Wildman–Crippen MR) is 64.6 cm³/mol. The van der Waals surface area contributed by atoms with E-state index in [-0.39, 0.29) is 12.8 Å². The second kappa shape index (κ2) is 4.67. The van der Waals surface area contributed by atoms with Crippen molar-refractivity contribution in [3.05, 3.63) is 29.8 Å². The smallest absolute Gasteiger partial charge is 0.334 e. The number of esters is 1. The maximum atomic E-state index is 12.0. The van der Waals surface area contributed by atoms with Gasteiger partial charge in [0.05, 0.1) is 13.2 Å². The molecular formula is C13H14N2O3. The molecular weight excluding hydrogens is 232 g/mol. The Bertz CT molecular complexity index is 509. The van der Waals surface area contributed by atoms with E-state index in [4.69, 9.17) is 10.00 Å². The van der Waals surface area contributed by atoms with Gasteiger partial charge in [-0.25, -0.2) is 4.79 Å². The second-order valence-corrected chi connectivity index (χ2v) is 4.24. The number of rotatable bonds is 3. The number of nitrogens with zero attached hydrogens (tertiary/aromatic N) is 1. The maximum Gasteiger partial charge on any atom is 0.334 e. The Kier molecular flexibility index (Phi) is 3.21. The predicted octanol–water partition coefficient (Wildman–Crippen LogP) is 1.36. The van der Waals surface area contributed by atoms with Gasteiger partial charge in [-0.1, -0.05) is 18.2 Å². The van der Waals surface area contributed by atoms with Gasteiger partial charge in [0.15, 0.2) is 5.54 Å². The van der Waals surface area contributed by atoms with Crippen molar-refractivity contribution in [1.82, 2.24) is 0 Å². The topological polar surface area (TPSA) is 82.4 Å². The molecule has 2 rings (SSSR count). The van der Waals surface area contributed by atoms with Crippen LogP contribution in [0.3, 0.4) is 0 Å². The summed E-state index contributed by atoms with van der Waals surface area (Å²) in [6.45, 7) is 0. The molecule has 5 heteroatoms. The molecule has 2 N–H and O–H groups in total. The number of aliphatic hydroxyl groups is 1. The number of aliphatic hydroxyl groups excluding tert-OH is 1. The number of benzene rings is 1. The van der Waals surface area contributed by atoms with Gasteiger partial charge in [0.2, 0.25) is 0 Å². The number of methoxy groups -OCH3 is 1. The number of carbonyl (C=O) groups is 1. The first-order valence-corrected chi connectivity index (χ1v) is 5.66. The van der Waals surface area contributed by atoms with E-state index in [2.05, 4.69) is 5.32 Å². The number of hydrogen-bond acceptors (Lipinski definition) is 5. The van der Waals surface area contributed by atoms with Crippen LogP contribution in [0.1, 0.15) is 24.5 Å². The number of nitrogens with one attached hydrogen (secondary N) is 1. The highest BCUT2D eigenvalue weighted by Gasteiger charge is 2.51. The molecule has 0 spiro atoms. The van der Waals surface area contributed by atoms with E-state index < -0.39 is 17.6 Å². The summed E-state index contributed by atoms with van der Waals surface area (Å²) in [6, 6.07) is 9.14. The van der Waals surface area contributed by atoms with Crippen LogP contribution < -0.4 is 5.32 Å². The molecule has 0 aliphatic carbocycles. The normalized spacial score (nSPS) is 24.8. The number of nitriles is 1. The molecule has 5 nitrogen and oxygen atoms in total. The van der Waals surface area contributed by atoms with Crippen molar-refractivity contribution in [1.29, 1.82) is 5.26 Å². The van der Waals surface area contributed by atoms with Crippen molar-refractivity contribution in [2.75, 3.05) is 12.4 Å². The van der Waals surface area contributed by atoms with Gasteiger partial charge in [0.1, 0.15) is 6.10 Å². The summed E-state index contributed by atoms with van der Waals surface area (Å²) in [5, 5.41) is 22.0. The van der Waals surface area contributed by atoms with Gasteiger partial charge in [0.25, 0.3) is 0 Å². The lowest BCUT2D eigenvalue weighted by Gasteiger charge is -2.29. The van der Waals surface area contributed by atoms with Crippen molar-refractivity contribution >= 4 is 11.7 Å². The molecule has 0 saturated heterocycles. The zero-order chi connectivity index (χ0) is 13.2. The van der Waals surface area contributed by atoms with Crippen LogP contribution in [0.25, 0.3) is 0 Å².